The van der Waals surface area contributed by atoms with E-state index in [9.17, 15) is 9.59 Å². The largest absolute Gasteiger partial charge is 0.378 e. The van der Waals surface area contributed by atoms with Crippen LogP contribution in [0, 0.1) is 0 Å². The Morgan fingerprint density at radius 3 is 2.77 bits per heavy atom. The number of carbonyl (C=O) groups excluding carboxylic acids is 2. The van der Waals surface area contributed by atoms with Crippen LogP contribution in [-0.4, -0.2) is 53.4 Å². The average molecular weight is 369 g/mol. The summed E-state index contributed by atoms with van der Waals surface area (Å²) in [6, 6.07) is 13.8. The highest BCUT2D eigenvalue weighted by Crippen LogP contribution is 2.28. The minimum Gasteiger partial charge on any atom is -0.378 e. The van der Waals surface area contributed by atoms with E-state index < -0.39 is 5.25 Å². The van der Waals surface area contributed by atoms with Crippen molar-refractivity contribution in [1.82, 2.24) is 4.90 Å². The maximum Gasteiger partial charge on any atom is 0.262 e. The number of thioether (sulfide) groups is 1. The van der Waals surface area contributed by atoms with Crippen LogP contribution in [0.3, 0.4) is 0 Å². The molecule has 2 aromatic carbocycles. The van der Waals surface area contributed by atoms with Gasteiger partial charge in [0.05, 0.1) is 13.2 Å². The predicted octanol–water partition coefficient (Wildman–Crippen LogP) is 2.50. The van der Waals surface area contributed by atoms with Crippen LogP contribution in [0.2, 0.25) is 0 Å². The van der Waals surface area contributed by atoms with E-state index in [0.29, 0.717) is 18.4 Å². The number of fused-ring (bicyclic) bond motifs is 1. The van der Waals surface area contributed by atoms with E-state index in [1.165, 1.54) is 11.8 Å². The van der Waals surface area contributed by atoms with E-state index in [-0.39, 0.29) is 18.2 Å². The van der Waals surface area contributed by atoms with Crippen molar-refractivity contribution in [2.24, 2.45) is 4.99 Å². The molecule has 1 N–H and O–H groups in total. The molecule has 0 saturated carbocycles. The molecule has 1 saturated heterocycles. The summed E-state index contributed by atoms with van der Waals surface area (Å²) in [7, 11) is 0. The Labute approximate surface area is 155 Å². The van der Waals surface area contributed by atoms with Gasteiger partial charge in [0.15, 0.2) is 5.17 Å². The third kappa shape index (κ3) is 3.73. The van der Waals surface area contributed by atoms with Crippen LogP contribution in [0.4, 0.5) is 5.69 Å². The molecule has 0 aliphatic carbocycles. The quantitative estimate of drug-likeness (QED) is 0.900. The van der Waals surface area contributed by atoms with Gasteiger partial charge >= 0.3 is 0 Å². The van der Waals surface area contributed by atoms with Gasteiger partial charge in [0, 0.05) is 25.2 Å². The van der Waals surface area contributed by atoms with Gasteiger partial charge < -0.3 is 15.0 Å². The first-order valence-corrected chi connectivity index (χ1v) is 9.47. The number of aliphatic imine (C=N–C) groups is 1. The topological polar surface area (TPSA) is 71.0 Å². The first-order chi connectivity index (χ1) is 12.7. The molecule has 26 heavy (non-hydrogen) atoms. The molecule has 2 aliphatic rings. The van der Waals surface area contributed by atoms with Crippen LogP contribution in [-0.2, 0) is 14.3 Å². The van der Waals surface area contributed by atoms with Crippen molar-refractivity contribution in [2.45, 2.75) is 11.7 Å². The van der Waals surface area contributed by atoms with E-state index in [0.717, 1.165) is 29.5 Å². The first-order valence-electron chi connectivity index (χ1n) is 8.59. The molecule has 4 rings (SSSR count). The van der Waals surface area contributed by atoms with Crippen molar-refractivity contribution in [3.8, 4) is 0 Å². The van der Waals surface area contributed by atoms with Crippen molar-refractivity contribution < 1.29 is 14.3 Å². The highest BCUT2D eigenvalue weighted by Gasteiger charge is 2.33. The summed E-state index contributed by atoms with van der Waals surface area (Å²) >= 11 is 1.38. The van der Waals surface area contributed by atoms with Crippen LogP contribution in [0.5, 0.6) is 0 Å². The Morgan fingerprint density at radius 2 is 1.96 bits per heavy atom. The number of nitrogens with zero attached hydrogens (tertiary/aromatic N) is 2. The van der Waals surface area contributed by atoms with Crippen LogP contribution < -0.4 is 5.32 Å². The maximum atomic E-state index is 12.4. The minimum atomic E-state index is -0.451. The van der Waals surface area contributed by atoms with Crippen molar-refractivity contribution in [2.75, 3.05) is 31.6 Å². The molecular weight excluding hydrogens is 350 g/mol. The first kappa shape index (κ1) is 17.1. The number of ether oxygens (including phenoxy) is 1. The Balaban J connectivity index is 1.36. The Morgan fingerprint density at radius 1 is 1.19 bits per heavy atom. The third-order valence-corrected chi connectivity index (χ3v) is 5.63. The van der Waals surface area contributed by atoms with E-state index in [1.807, 2.05) is 47.4 Å². The molecule has 0 bridgehead atoms. The van der Waals surface area contributed by atoms with Gasteiger partial charge in [-0.3, -0.25) is 9.59 Å². The van der Waals surface area contributed by atoms with Crippen molar-refractivity contribution in [3.05, 3.63) is 42.5 Å². The lowest BCUT2D eigenvalue weighted by Gasteiger charge is -2.27. The molecule has 2 aromatic rings. The summed E-state index contributed by atoms with van der Waals surface area (Å²) < 4.78 is 5.32. The number of hydrogen-bond acceptors (Lipinski definition) is 5. The summed E-state index contributed by atoms with van der Waals surface area (Å²) in [5.74, 6) is -0.408. The SMILES string of the molecule is O=C(C[C@@H]1SC(N2CCOCC2)=NC1=O)Nc1ccc2ccccc2c1. The molecular formula is C19H19N3O3S. The number of rotatable bonds is 3. The fourth-order valence-electron chi connectivity index (χ4n) is 3.05. The lowest BCUT2D eigenvalue weighted by atomic mass is 10.1. The smallest absolute Gasteiger partial charge is 0.262 e. The van der Waals surface area contributed by atoms with E-state index in [2.05, 4.69) is 10.3 Å². The van der Waals surface area contributed by atoms with Gasteiger partial charge in [0.1, 0.15) is 5.25 Å². The maximum absolute atomic E-state index is 12.4. The number of nitrogens with one attached hydrogen (secondary N) is 1. The molecule has 1 atom stereocenters. The molecule has 134 valence electrons. The van der Waals surface area contributed by atoms with Crippen LogP contribution in [0.25, 0.3) is 10.8 Å². The summed E-state index contributed by atoms with van der Waals surface area (Å²) in [5.41, 5.74) is 0.735. The molecule has 0 unspecified atom stereocenters. The van der Waals surface area contributed by atoms with Gasteiger partial charge in [-0.2, -0.15) is 4.99 Å². The molecule has 7 heteroatoms. The van der Waals surface area contributed by atoms with E-state index in [1.54, 1.807) is 0 Å². The fraction of sp³-hybridized carbons (Fsp3) is 0.316. The summed E-state index contributed by atoms with van der Waals surface area (Å²) in [5, 5.41) is 5.33. The predicted molar refractivity (Wildman–Crippen MR) is 103 cm³/mol. The zero-order valence-corrected chi connectivity index (χ0v) is 15.0. The summed E-state index contributed by atoms with van der Waals surface area (Å²) in [4.78, 5) is 30.7. The lowest BCUT2D eigenvalue weighted by molar-refractivity contribution is -0.121. The minimum absolute atomic E-state index is 0.119. The fourth-order valence-corrected chi connectivity index (χ4v) is 4.16. The van der Waals surface area contributed by atoms with Crippen molar-refractivity contribution in [1.29, 1.82) is 0 Å². The van der Waals surface area contributed by atoms with Gasteiger partial charge in [-0.25, -0.2) is 0 Å². The second-order valence-corrected chi connectivity index (χ2v) is 7.42. The molecule has 2 heterocycles. The third-order valence-electron chi connectivity index (χ3n) is 4.41. The molecule has 2 aliphatic heterocycles. The Kier molecular flexibility index (Phi) is 4.90. The van der Waals surface area contributed by atoms with E-state index >= 15 is 0 Å². The highest BCUT2D eigenvalue weighted by molar-refractivity contribution is 8.15. The number of morpholine rings is 1. The van der Waals surface area contributed by atoms with Gasteiger partial charge in [-0.1, -0.05) is 42.1 Å². The number of amidine groups is 1. The molecule has 0 radical (unpaired) electrons. The standard InChI is InChI=1S/C19H19N3O3S/c23-17(20-15-6-5-13-3-1-2-4-14(13)11-15)12-16-18(24)21-19(26-16)22-7-9-25-10-8-22/h1-6,11,16H,7-10,12H2,(H,20,23)/t16-/m0/s1. The number of hydrogen-bond donors (Lipinski definition) is 1. The Bertz CT molecular complexity index is 877. The second-order valence-electron chi connectivity index (χ2n) is 6.25. The lowest BCUT2D eigenvalue weighted by Crippen LogP contribution is -2.39. The van der Waals surface area contributed by atoms with Crippen LogP contribution in [0.1, 0.15) is 6.42 Å². The number of anilines is 1. The molecule has 1 fully saturated rings. The average Bonchev–Trinajstić information content (AvgIpc) is 3.03. The molecule has 6 nitrogen and oxygen atoms in total. The summed E-state index contributed by atoms with van der Waals surface area (Å²) in [6.07, 6.45) is 0.119. The van der Waals surface area contributed by atoms with Gasteiger partial charge in [-0.15, -0.1) is 0 Å². The zero-order chi connectivity index (χ0) is 17.9. The Hall–Kier alpha value is -2.38. The second kappa shape index (κ2) is 7.47. The molecule has 0 spiro atoms. The van der Waals surface area contributed by atoms with Crippen LogP contribution >= 0.6 is 11.8 Å². The van der Waals surface area contributed by atoms with Crippen LogP contribution in [0.15, 0.2) is 47.5 Å². The van der Waals surface area contributed by atoms with Gasteiger partial charge in [0.2, 0.25) is 5.91 Å². The number of carbonyl (C=O) groups is 2. The normalized spacial score (nSPS) is 20.3. The highest BCUT2D eigenvalue weighted by atomic mass is 32.2. The molecule has 2 amide bonds. The van der Waals surface area contributed by atoms with Crippen molar-refractivity contribution in [3.63, 3.8) is 0 Å². The van der Waals surface area contributed by atoms with Crippen molar-refractivity contribution >= 4 is 45.2 Å². The van der Waals surface area contributed by atoms with E-state index in [4.69, 9.17) is 4.74 Å². The summed E-state index contributed by atoms with van der Waals surface area (Å²) in [6.45, 7) is 2.74. The number of benzene rings is 2. The van der Waals surface area contributed by atoms with Gasteiger partial charge in [-0.05, 0) is 22.9 Å². The number of amides is 2. The van der Waals surface area contributed by atoms with Gasteiger partial charge in [0.25, 0.3) is 5.91 Å². The zero-order valence-electron chi connectivity index (χ0n) is 14.2. The monoisotopic (exact) mass is 369 g/mol. The molecule has 0 aromatic heterocycles.